The second kappa shape index (κ2) is 9.56. The van der Waals surface area contributed by atoms with Crippen LogP contribution >= 0.6 is 0 Å². The normalized spacial score (nSPS) is 24.9. The second-order valence-corrected chi connectivity index (χ2v) is 9.42. The predicted octanol–water partition coefficient (Wildman–Crippen LogP) is 4.77. The van der Waals surface area contributed by atoms with Crippen molar-refractivity contribution in [3.8, 4) is 0 Å². The Hall–Kier alpha value is -3.61. The molecule has 6 rings (SSSR count). The molecule has 2 fully saturated rings. The molecule has 0 aromatic carbocycles. The summed E-state index contributed by atoms with van der Waals surface area (Å²) in [5, 5.41) is 7.47. The maximum absolute atomic E-state index is 6.41. The Balaban J connectivity index is 0.00000124. The van der Waals surface area contributed by atoms with Crippen molar-refractivity contribution in [2.24, 2.45) is 22.2 Å². The Kier molecular flexibility index (Phi) is 6.32. The molecule has 1 saturated heterocycles. The highest BCUT2D eigenvalue weighted by Gasteiger charge is 2.54. The first-order valence-electron chi connectivity index (χ1n) is 12.7. The van der Waals surface area contributed by atoms with Gasteiger partial charge in [0.2, 0.25) is 0 Å². The van der Waals surface area contributed by atoms with Crippen LogP contribution in [-0.4, -0.2) is 40.6 Å². The maximum atomic E-state index is 6.41. The van der Waals surface area contributed by atoms with Crippen LogP contribution in [0.15, 0.2) is 72.1 Å². The van der Waals surface area contributed by atoms with E-state index in [9.17, 15) is 0 Å². The molecule has 2 unspecified atom stereocenters. The van der Waals surface area contributed by atoms with Crippen molar-refractivity contribution in [1.29, 1.82) is 0 Å². The van der Waals surface area contributed by atoms with Crippen molar-refractivity contribution in [3.63, 3.8) is 0 Å². The quantitative estimate of drug-likeness (QED) is 0.470. The van der Waals surface area contributed by atoms with E-state index in [0.29, 0.717) is 17.7 Å². The number of aromatic nitrogens is 3. The lowest BCUT2D eigenvalue weighted by Crippen LogP contribution is -2.35. The summed E-state index contributed by atoms with van der Waals surface area (Å²) in [5.74, 6) is 2.70. The van der Waals surface area contributed by atoms with Crippen molar-refractivity contribution in [2.45, 2.75) is 33.1 Å². The number of hydrogen-bond acceptors (Lipinski definition) is 5. The van der Waals surface area contributed by atoms with Crippen molar-refractivity contribution in [1.82, 2.24) is 19.9 Å². The zero-order valence-corrected chi connectivity index (χ0v) is 20.7. The number of nitrogens with zero attached hydrogens (tertiary/aromatic N) is 5. The first kappa shape index (κ1) is 23.1. The lowest BCUT2D eigenvalue weighted by Gasteiger charge is -2.32. The number of hydrogen-bond donors (Lipinski definition) is 2. The van der Waals surface area contributed by atoms with Crippen molar-refractivity contribution >= 4 is 29.2 Å². The topological polar surface area (TPSA) is 83.8 Å². The molecular weight excluding hydrogens is 434 g/mol. The third-order valence-electron chi connectivity index (χ3n) is 7.45. The van der Waals surface area contributed by atoms with E-state index in [2.05, 4.69) is 63.3 Å². The summed E-state index contributed by atoms with van der Waals surface area (Å²) in [5.41, 5.74) is 11.1. The molecule has 4 aliphatic rings. The Bertz CT molecular complexity index is 1250. The zero-order valence-electron chi connectivity index (χ0n) is 20.7. The Labute approximate surface area is 207 Å². The average Bonchev–Trinajstić information content (AvgIpc) is 3.43. The van der Waals surface area contributed by atoms with Crippen LogP contribution in [0.3, 0.4) is 0 Å². The van der Waals surface area contributed by atoms with E-state index < -0.39 is 0 Å². The molecule has 3 heterocycles. The van der Waals surface area contributed by atoms with Crippen LogP contribution in [0.5, 0.6) is 0 Å². The predicted molar refractivity (Wildman–Crippen MR) is 145 cm³/mol. The fourth-order valence-corrected chi connectivity index (χ4v) is 5.45. The Morgan fingerprint density at radius 3 is 2.91 bits per heavy atom. The van der Waals surface area contributed by atoms with Gasteiger partial charge in [0.25, 0.3) is 0 Å². The number of rotatable bonds is 6. The first-order valence-corrected chi connectivity index (χ1v) is 12.7. The van der Waals surface area contributed by atoms with E-state index in [1.54, 1.807) is 17.1 Å². The molecule has 2 atom stereocenters. The molecule has 0 radical (unpaired) electrons. The third kappa shape index (κ3) is 4.20. The van der Waals surface area contributed by atoms with Gasteiger partial charge in [-0.1, -0.05) is 56.9 Å². The van der Waals surface area contributed by atoms with Gasteiger partial charge in [-0.3, -0.25) is 4.99 Å². The fraction of sp³-hybridized carbons (Fsp3) is 0.393. The lowest BCUT2D eigenvalue weighted by atomic mass is 9.83. The van der Waals surface area contributed by atoms with Gasteiger partial charge in [0.1, 0.15) is 11.6 Å². The number of nitrogen functional groups attached to an aromatic ring is 1. The van der Waals surface area contributed by atoms with Crippen LogP contribution in [0.4, 0.5) is 11.6 Å². The molecule has 182 valence electrons. The summed E-state index contributed by atoms with van der Waals surface area (Å²) in [4.78, 5) is 11.8. The van der Waals surface area contributed by atoms with Crippen LogP contribution in [-0.2, 0) is 0 Å². The van der Waals surface area contributed by atoms with Crippen LogP contribution in [0, 0.1) is 17.3 Å². The molecule has 3 aliphatic carbocycles. The molecule has 2 aromatic rings. The van der Waals surface area contributed by atoms with Crippen molar-refractivity contribution in [3.05, 3.63) is 72.6 Å². The van der Waals surface area contributed by atoms with Gasteiger partial charge in [-0.15, -0.1) is 0 Å². The molecule has 3 N–H and O–H groups in total. The highest BCUT2D eigenvalue weighted by atomic mass is 15.3. The van der Waals surface area contributed by atoms with E-state index >= 15 is 0 Å². The smallest absolute Gasteiger partial charge is 0.167 e. The number of fused-ring (bicyclic) bond motifs is 1. The number of allylic oxidation sites excluding steroid dienone is 8. The number of nitrogens with two attached hydrogens (primary N) is 1. The van der Waals surface area contributed by atoms with E-state index in [-0.39, 0.29) is 5.41 Å². The van der Waals surface area contributed by atoms with Gasteiger partial charge in [0, 0.05) is 36.7 Å². The van der Waals surface area contributed by atoms with Gasteiger partial charge < -0.3 is 16.0 Å². The lowest BCUT2D eigenvalue weighted by molar-refractivity contribution is 0.414. The summed E-state index contributed by atoms with van der Waals surface area (Å²) in [7, 11) is 0. The summed E-state index contributed by atoms with van der Waals surface area (Å²) < 4.78 is 1.76. The molecular formula is C28H35N7. The van der Waals surface area contributed by atoms with Crippen LogP contribution < -0.4 is 16.0 Å². The van der Waals surface area contributed by atoms with Gasteiger partial charge >= 0.3 is 0 Å². The monoisotopic (exact) mass is 469 g/mol. The highest BCUT2D eigenvalue weighted by molar-refractivity contribution is 5.86. The van der Waals surface area contributed by atoms with Gasteiger partial charge in [0.15, 0.2) is 5.65 Å². The minimum absolute atomic E-state index is 0.231. The number of piperidine rings is 1. The largest absolute Gasteiger partial charge is 0.383 e. The molecule has 0 amide bonds. The number of aliphatic imine (C=N–C) groups is 1. The summed E-state index contributed by atoms with van der Waals surface area (Å²) in [6.45, 7) is 10.4. The Morgan fingerprint density at radius 1 is 1.29 bits per heavy atom. The van der Waals surface area contributed by atoms with Crippen molar-refractivity contribution in [2.75, 3.05) is 30.3 Å². The van der Waals surface area contributed by atoms with Gasteiger partial charge in [-0.05, 0) is 48.4 Å². The highest BCUT2D eigenvalue weighted by Crippen LogP contribution is 2.64. The van der Waals surface area contributed by atoms with Gasteiger partial charge in [0.05, 0.1) is 12.5 Å². The van der Waals surface area contributed by atoms with Crippen LogP contribution in [0.2, 0.25) is 0 Å². The maximum Gasteiger partial charge on any atom is 0.167 e. The summed E-state index contributed by atoms with van der Waals surface area (Å²) in [6.07, 6.45) is 22.2. The number of anilines is 2. The zero-order chi connectivity index (χ0) is 24.4. The van der Waals surface area contributed by atoms with E-state index in [1.165, 1.54) is 17.6 Å². The molecule has 35 heavy (non-hydrogen) atoms. The molecule has 0 bridgehead atoms. The van der Waals surface area contributed by atoms with Crippen LogP contribution in [0.25, 0.3) is 11.2 Å². The molecule has 2 aromatic heterocycles. The van der Waals surface area contributed by atoms with Crippen LogP contribution in [0.1, 0.15) is 38.7 Å². The standard InChI is InChI=1S/C26H29N7.C2H6/c1-2-28-17-29-15-18-6-9-32(10-7-18)24-13-23(27)33-25(31-24)22(16-30-33)19-11-20-5-3-4-8-26(20)14-21(26)12-19;1-2/h2-5,8,11-13,16-18,21H,1,6-7,9-10,14-15,27H2,(H,28,29);1-2H3. The fourth-order valence-electron chi connectivity index (χ4n) is 5.45. The Morgan fingerprint density at radius 2 is 2.11 bits per heavy atom. The first-order chi connectivity index (χ1) is 17.2. The minimum Gasteiger partial charge on any atom is -0.383 e. The minimum atomic E-state index is 0.231. The average molecular weight is 470 g/mol. The summed E-state index contributed by atoms with van der Waals surface area (Å²) >= 11 is 0. The van der Waals surface area contributed by atoms with Gasteiger partial charge in [-0.25, -0.2) is 4.98 Å². The molecule has 1 aliphatic heterocycles. The molecule has 1 saturated carbocycles. The van der Waals surface area contributed by atoms with Gasteiger partial charge in [-0.2, -0.15) is 9.61 Å². The molecule has 7 heteroatoms. The van der Waals surface area contributed by atoms with Crippen molar-refractivity contribution < 1.29 is 0 Å². The summed E-state index contributed by atoms with van der Waals surface area (Å²) in [6, 6.07) is 1.95. The number of nitrogens with one attached hydrogen (secondary N) is 1. The SMILES string of the molecule is C=CNC=NCC1CCN(c2cc(N)n3ncc(C4=CC5CC56C=CC=CC6=C4)c3n2)CC1.CC. The second-order valence-electron chi connectivity index (χ2n) is 9.42. The van der Waals surface area contributed by atoms with E-state index in [0.717, 1.165) is 49.5 Å². The molecule has 7 nitrogen and oxygen atoms in total. The van der Waals surface area contributed by atoms with E-state index in [1.807, 2.05) is 26.1 Å². The molecule has 1 spiro atoms. The van der Waals surface area contributed by atoms with E-state index in [4.69, 9.17) is 10.7 Å². The third-order valence-corrected chi connectivity index (χ3v) is 7.45.